The van der Waals surface area contributed by atoms with Gasteiger partial charge in [-0.25, -0.2) is 0 Å². The second-order valence-electron chi connectivity index (χ2n) is 3.83. The van der Waals surface area contributed by atoms with E-state index >= 15 is 0 Å². The van der Waals surface area contributed by atoms with Gasteiger partial charge in [0.25, 0.3) is 0 Å². The van der Waals surface area contributed by atoms with E-state index in [2.05, 4.69) is 22.3 Å². The summed E-state index contributed by atoms with van der Waals surface area (Å²) in [5.74, 6) is 0.682. The standard InChI is InChI=1S/C8H15N5/c1-3-8(4-5-8)6(9)7-10-12-13(2)11-7/h6H,3-5,9H2,1-2H3. The van der Waals surface area contributed by atoms with Crippen molar-refractivity contribution >= 4 is 0 Å². The third kappa shape index (κ3) is 1.33. The van der Waals surface area contributed by atoms with Crippen LogP contribution in [0, 0.1) is 5.41 Å². The van der Waals surface area contributed by atoms with Gasteiger partial charge < -0.3 is 5.73 Å². The summed E-state index contributed by atoms with van der Waals surface area (Å²) in [4.78, 5) is 1.46. The Kier molecular flexibility index (Phi) is 1.83. The van der Waals surface area contributed by atoms with E-state index in [9.17, 15) is 0 Å². The number of nitrogens with zero attached hydrogens (tertiary/aromatic N) is 4. The molecule has 0 bridgehead atoms. The number of aryl methyl sites for hydroxylation is 1. The summed E-state index contributed by atoms with van der Waals surface area (Å²) in [6, 6.07) is -0.0359. The van der Waals surface area contributed by atoms with Gasteiger partial charge in [-0.05, 0) is 29.9 Å². The van der Waals surface area contributed by atoms with Crippen LogP contribution in [0.1, 0.15) is 38.1 Å². The number of rotatable bonds is 3. The topological polar surface area (TPSA) is 69.6 Å². The number of nitrogens with two attached hydrogens (primary N) is 1. The predicted octanol–water partition coefficient (Wildman–Crippen LogP) is 0.400. The minimum absolute atomic E-state index is 0.0359. The molecule has 1 aliphatic carbocycles. The van der Waals surface area contributed by atoms with Gasteiger partial charge >= 0.3 is 0 Å². The minimum atomic E-state index is -0.0359. The first-order chi connectivity index (χ1) is 6.18. The lowest BCUT2D eigenvalue weighted by molar-refractivity contribution is 0.378. The quantitative estimate of drug-likeness (QED) is 0.732. The molecule has 1 saturated carbocycles. The Labute approximate surface area is 77.3 Å². The lowest BCUT2D eigenvalue weighted by atomic mass is 9.94. The molecule has 5 nitrogen and oxygen atoms in total. The molecule has 0 amide bonds. The molecule has 1 heterocycles. The molecule has 13 heavy (non-hydrogen) atoms. The van der Waals surface area contributed by atoms with E-state index in [0.717, 1.165) is 6.42 Å². The molecule has 1 fully saturated rings. The second kappa shape index (κ2) is 2.77. The zero-order valence-electron chi connectivity index (χ0n) is 8.06. The maximum Gasteiger partial charge on any atom is 0.191 e. The summed E-state index contributed by atoms with van der Waals surface area (Å²) < 4.78 is 0. The molecule has 1 aromatic rings. The van der Waals surface area contributed by atoms with E-state index in [-0.39, 0.29) is 11.5 Å². The number of hydrogen-bond acceptors (Lipinski definition) is 4. The lowest BCUT2D eigenvalue weighted by Crippen LogP contribution is -2.23. The summed E-state index contributed by atoms with van der Waals surface area (Å²) in [6.45, 7) is 2.17. The largest absolute Gasteiger partial charge is 0.321 e. The molecule has 2 N–H and O–H groups in total. The minimum Gasteiger partial charge on any atom is -0.321 e. The second-order valence-corrected chi connectivity index (χ2v) is 3.83. The van der Waals surface area contributed by atoms with Crippen molar-refractivity contribution in [3.8, 4) is 0 Å². The smallest absolute Gasteiger partial charge is 0.191 e. The molecule has 0 saturated heterocycles. The lowest BCUT2D eigenvalue weighted by Gasteiger charge is -2.17. The fourth-order valence-electron chi connectivity index (χ4n) is 1.74. The first-order valence-electron chi connectivity index (χ1n) is 4.67. The van der Waals surface area contributed by atoms with Gasteiger partial charge in [0.15, 0.2) is 5.82 Å². The van der Waals surface area contributed by atoms with Crippen LogP contribution in [0.25, 0.3) is 0 Å². The Hall–Kier alpha value is -0.970. The van der Waals surface area contributed by atoms with Gasteiger partial charge in [-0.2, -0.15) is 4.80 Å². The van der Waals surface area contributed by atoms with Crippen LogP contribution in [-0.2, 0) is 7.05 Å². The average Bonchev–Trinajstić information content (AvgIpc) is 2.82. The Balaban J connectivity index is 2.17. The van der Waals surface area contributed by atoms with Gasteiger partial charge in [0.2, 0.25) is 0 Å². The maximum atomic E-state index is 6.08. The van der Waals surface area contributed by atoms with Crippen molar-refractivity contribution < 1.29 is 0 Å². The van der Waals surface area contributed by atoms with E-state index in [1.807, 2.05) is 0 Å². The Bertz CT molecular complexity index is 301. The van der Waals surface area contributed by atoms with Crippen LogP contribution >= 0.6 is 0 Å². The normalized spacial score (nSPS) is 21.5. The molecule has 2 rings (SSSR count). The number of aromatic nitrogens is 4. The molecule has 1 atom stereocenters. The van der Waals surface area contributed by atoms with Gasteiger partial charge in [-0.1, -0.05) is 6.92 Å². The fraction of sp³-hybridized carbons (Fsp3) is 0.875. The Morgan fingerprint density at radius 1 is 1.62 bits per heavy atom. The SMILES string of the molecule is CCC1(C(N)c2nnn(C)n2)CC1. The molecule has 1 unspecified atom stereocenters. The van der Waals surface area contributed by atoms with Crippen LogP contribution in [0.2, 0.25) is 0 Å². The summed E-state index contributed by atoms with van der Waals surface area (Å²) in [5.41, 5.74) is 6.35. The molecular formula is C8H15N5. The third-order valence-corrected chi connectivity index (χ3v) is 3.06. The highest BCUT2D eigenvalue weighted by Crippen LogP contribution is 2.55. The van der Waals surface area contributed by atoms with Crippen molar-refractivity contribution in [3.05, 3.63) is 5.82 Å². The average molecular weight is 181 g/mol. The highest BCUT2D eigenvalue weighted by molar-refractivity contribution is 5.07. The van der Waals surface area contributed by atoms with Gasteiger partial charge in [-0.15, -0.1) is 10.2 Å². The van der Waals surface area contributed by atoms with Crippen molar-refractivity contribution in [2.75, 3.05) is 0 Å². The summed E-state index contributed by atoms with van der Waals surface area (Å²) in [6.07, 6.45) is 3.50. The molecule has 0 spiro atoms. The van der Waals surface area contributed by atoms with E-state index in [1.54, 1.807) is 7.05 Å². The Morgan fingerprint density at radius 2 is 2.31 bits per heavy atom. The Morgan fingerprint density at radius 3 is 2.69 bits per heavy atom. The first-order valence-corrected chi connectivity index (χ1v) is 4.67. The van der Waals surface area contributed by atoms with Crippen LogP contribution in [0.15, 0.2) is 0 Å². The van der Waals surface area contributed by atoms with E-state index < -0.39 is 0 Å². The first kappa shape index (κ1) is 8.62. The van der Waals surface area contributed by atoms with Gasteiger partial charge in [0.05, 0.1) is 13.1 Å². The molecular weight excluding hydrogens is 166 g/mol. The summed E-state index contributed by atoms with van der Waals surface area (Å²) >= 11 is 0. The van der Waals surface area contributed by atoms with Crippen molar-refractivity contribution in [3.63, 3.8) is 0 Å². The summed E-state index contributed by atoms with van der Waals surface area (Å²) in [5, 5.41) is 11.9. The van der Waals surface area contributed by atoms with Crippen LogP contribution < -0.4 is 5.73 Å². The van der Waals surface area contributed by atoms with Crippen LogP contribution in [0.3, 0.4) is 0 Å². The molecule has 72 valence electrons. The molecule has 0 aromatic carbocycles. The van der Waals surface area contributed by atoms with E-state index in [4.69, 9.17) is 5.73 Å². The van der Waals surface area contributed by atoms with Gasteiger partial charge in [0.1, 0.15) is 0 Å². The predicted molar refractivity (Wildman–Crippen MR) is 47.7 cm³/mol. The van der Waals surface area contributed by atoms with Crippen LogP contribution in [-0.4, -0.2) is 20.2 Å². The molecule has 0 radical (unpaired) electrons. The number of hydrogen-bond donors (Lipinski definition) is 1. The monoisotopic (exact) mass is 181 g/mol. The summed E-state index contributed by atoms with van der Waals surface area (Å²) in [7, 11) is 1.76. The van der Waals surface area contributed by atoms with E-state index in [1.165, 1.54) is 17.6 Å². The fourth-order valence-corrected chi connectivity index (χ4v) is 1.74. The molecule has 5 heteroatoms. The highest BCUT2D eigenvalue weighted by atomic mass is 15.6. The third-order valence-electron chi connectivity index (χ3n) is 3.06. The van der Waals surface area contributed by atoms with Crippen LogP contribution in [0.5, 0.6) is 0 Å². The molecule has 0 aliphatic heterocycles. The van der Waals surface area contributed by atoms with Crippen molar-refractivity contribution in [2.45, 2.75) is 32.2 Å². The maximum absolute atomic E-state index is 6.08. The zero-order valence-corrected chi connectivity index (χ0v) is 8.06. The molecule has 1 aliphatic rings. The number of tetrazole rings is 1. The van der Waals surface area contributed by atoms with Crippen molar-refractivity contribution in [1.82, 2.24) is 20.2 Å². The van der Waals surface area contributed by atoms with Crippen molar-refractivity contribution in [2.24, 2.45) is 18.2 Å². The van der Waals surface area contributed by atoms with Crippen molar-refractivity contribution in [1.29, 1.82) is 0 Å². The van der Waals surface area contributed by atoms with Gasteiger partial charge in [-0.3, -0.25) is 0 Å². The van der Waals surface area contributed by atoms with Crippen LogP contribution in [0.4, 0.5) is 0 Å². The molecule has 1 aromatic heterocycles. The van der Waals surface area contributed by atoms with Gasteiger partial charge in [0, 0.05) is 0 Å². The zero-order chi connectivity index (χ0) is 9.47. The van der Waals surface area contributed by atoms with E-state index in [0.29, 0.717) is 5.82 Å². The highest BCUT2D eigenvalue weighted by Gasteiger charge is 2.48.